The molecular formula is C31H24N4O4. The van der Waals surface area contributed by atoms with Crippen LogP contribution in [-0.2, 0) is 0 Å². The molecule has 8 nitrogen and oxygen atoms in total. The third-order valence-electron chi connectivity index (χ3n) is 7.19. The molecule has 1 aliphatic heterocycles. The molecule has 1 atom stereocenters. The summed E-state index contributed by atoms with van der Waals surface area (Å²) < 4.78 is 24.9. The summed E-state index contributed by atoms with van der Waals surface area (Å²) in [6, 6.07) is 26.1. The maximum atomic E-state index is 6.43. The van der Waals surface area contributed by atoms with Gasteiger partial charge in [-0.25, -0.2) is 14.5 Å². The number of fused-ring (bicyclic) bond motifs is 6. The fourth-order valence-electron chi connectivity index (χ4n) is 5.41. The number of ether oxygens (including phenoxy) is 4. The first-order valence-corrected chi connectivity index (χ1v) is 12.5. The van der Waals surface area contributed by atoms with Gasteiger partial charge in [0.15, 0.2) is 23.0 Å². The highest BCUT2D eigenvalue weighted by Crippen LogP contribution is 2.51. The molecule has 39 heavy (non-hydrogen) atoms. The summed E-state index contributed by atoms with van der Waals surface area (Å²) >= 11 is 0. The second-order valence-corrected chi connectivity index (χ2v) is 9.22. The lowest BCUT2D eigenvalue weighted by Gasteiger charge is -2.29. The largest absolute Gasteiger partial charge is 0.496 e. The van der Waals surface area contributed by atoms with Gasteiger partial charge in [-0.3, -0.25) is 0 Å². The van der Waals surface area contributed by atoms with E-state index in [1.54, 1.807) is 32.2 Å². The molecule has 4 aromatic carbocycles. The van der Waals surface area contributed by atoms with Gasteiger partial charge >= 0.3 is 0 Å². The van der Waals surface area contributed by atoms with E-state index in [0.717, 1.165) is 38.8 Å². The fourth-order valence-corrected chi connectivity index (χ4v) is 5.41. The van der Waals surface area contributed by atoms with E-state index in [1.807, 2.05) is 60.7 Å². The van der Waals surface area contributed by atoms with Crippen molar-refractivity contribution in [3.8, 4) is 40.3 Å². The topological polar surface area (TPSA) is 80.0 Å². The van der Waals surface area contributed by atoms with E-state index in [-0.39, 0.29) is 5.92 Å². The lowest BCUT2D eigenvalue weighted by Crippen LogP contribution is -2.15. The average Bonchev–Trinajstić information content (AvgIpc) is 3.44. The maximum Gasteiger partial charge on any atom is 0.228 e. The third kappa shape index (κ3) is 3.56. The second kappa shape index (κ2) is 9.02. The average molecular weight is 517 g/mol. The van der Waals surface area contributed by atoms with Crippen LogP contribution in [0.2, 0.25) is 0 Å². The van der Waals surface area contributed by atoms with E-state index in [1.165, 1.54) is 0 Å². The molecular weight excluding hydrogens is 492 g/mol. The molecule has 0 saturated carbocycles. The minimum Gasteiger partial charge on any atom is -0.496 e. The van der Waals surface area contributed by atoms with Crippen LogP contribution in [0.5, 0.6) is 28.9 Å². The number of rotatable bonds is 5. The molecule has 0 N–H and O–H groups in total. The van der Waals surface area contributed by atoms with Crippen molar-refractivity contribution in [2.75, 3.05) is 21.3 Å². The van der Waals surface area contributed by atoms with Crippen molar-refractivity contribution in [1.82, 2.24) is 19.6 Å². The van der Waals surface area contributed by atoms with Crippen molar-refractivity contribution in [1.29, 1.82) is 0 Å². The lowest BCUT2D eigenvalue weighted by atomic mass is 9.81. The first-order valence-electron chi connectivity index (χ1n) is 12.5. The van der Waals surface area contributed by atoms with Gasteiger partial charge < -0.3 is 18.9 Å². The molecule has 192 valence electrons. The number of benzene rings is 4. The first-order chi connectivity index (χ1) is 19.2. The molecule has 3 heterocycles. The van der Waals surface area contributed by atoms with E-state index in [0.29, 0.717) is 34.6 Å². The van der Waals surface area contributed by atoms with E-state index < -0.39 is 0 Å². The molecule has 0 amide bonds. The van der Waals surface area contributed by atoms with Crippen molar-refractivity contribution in [2.24, 2.45) is 0 Å². The van der Waals surface area contributed by atoms with Crippen LogP contribution < -0.4 is 18.9 Å². The summed E-state index contributed by atoms with van der Waals surface area (Å²) in [6.07, 6.45) is 1.64. The summed E-state index contributed by atoms with van der Waals surface area (Å²) in [7, 11) is 4.91. The summed E-state index contributed by atoms with van der Waals surface area (Å²) in [5, 5.41) is 6.98. The van der Waals surface area contributed by atoms with Crippen molar-refractivity contribution in [3.63, 3.8) is 0 Å². The third-order valence-corrected chi connectivity index (χ3v) is 7.19. The highest BCUT2D eigenvalue weighted by molar-refractivity contribution is 5.91. The lowest BCUT2D eigenvalue weighted by molar-refractivity contribution is 0.354. The first kappa shape index (κ1) is 23.0. The Morgan fingerprint density at radius 1 is 0.769 bits per heavy atom. The van der Waals surface area contributed by atoms with Gasteiger partial charge in [-0.2, -0.15) is 0 Å². The van der Waals surface area contributed by atoms with E-state index in [4.69, 9.17) is 29.0 Å². The van der Waals surface area contributed by atoms with E-state index in [2.05, 4.69) is 23.2 Å². The Kier molecular flexibility index (Phi) is 5.33. The quantitative estimate of drug-likeness (QED) is 0.267. The second-order valence-electron chi connectivity index (χ2n) is 9.22. The van der Waals surface area contributed by atoms with Crippen LogP contribution in [0.3, 0.4) is 0 Å². The number of aromatic nitrogens is 4. The molecule has 0 spiro atoms. The Balaban J connectivity index is 1.54. The molecule has 0 radical (unpaired) electrons. The predicted octanol–water partition coefficient (Wildman–Crippen LogP) is 6.26. The maximum absolute atomic E-state index is 6.43. The van der Waals surface area contributed by atoms with Crippen molar-refractivity contribution >= 4 is 16.4 Å². The molecule has 1 aliphatic rings. The number of methoxy groups -OCH3 is 3. The Morgan fingerprint density at radius 2 is 1.56 bits per heavy atom. The van der Waals surface area contributed by atoms with Gasteiger partial charge in [-0.05, 0) is 46.7 Å². The molecule has 0 aliphatic carbocycles. The molecule has 7 rings (SSSR count). The van der Waals surface area contributed by atoms with E-state index in [9.17, 15) is 0 Å². The summed E-state index contributed by atoms with van der Waals surface area (Å²) in [5.74, 6) is 3.51. The number of hydrogen-bond acceptors (Lipinski definition) is 7. The molecule has 8 heteroatoms. The minimum absolute atomic E-state index is 0.263. The van der Waals surface area contributed by atoms with Crippen LogP contribution in [-0.4, -0.2) is 40.9 Å². The molecule has 0 fully saturated rings. The zero-order valence-electron chi connectivity index (χ0n) is 21.6. The highest BCUT2D eigenvalue weighted by atomic mass is 16.5. The van der Waals surface area contributed by atoms with Crippen molar-refractivity contribution < 1.29 is 18.9 Å². The molecule has 0 unspecified atom stereocenters. The van der Waals surface area contributed by atoms with Gasteiger partial charge in [-0.1, -0.05) is 48.5 Å². The van der Waals surface area contributed by atoms with Crippen molar-refractivity contribution in [3.05, 3.63) is 102 Å². The zero-order chi connectivity index (χ0) is 26.5. The van der Waals surface area contributed by atoms with Crippen LogP contribution in [0.1, 0.15) is 22.6 Å². The molecule has 0 bridgehead atoms. The van der Waals surface area contributed by atoms with Crippen LogP contribution in [0.25, 0.3) is 27.8 Å². The highest BCUT2D eigenvalue weighted by Gasteiger charge is 2.35. The van der Waals surface area contributed by atoms with Gasteiger partial charge in [0.05, 0.1) is 32.5 Å². The van der Waals surface area contributed by atoms with Crippen LogP contribution in [0.4, 0.5) is 0 Å². The normalized spacial score (nSPS) is 14.0. The van der Waals surface area contributed by atoms with Crippen LogP contribution in [0.15, 0.2) is 85.2 Å². The minimum atomic E-state index is -0.263. The smallest absolute Gasteiger partial charge is 0.228 e. The molecule has 2 aromatic heterocycles. The standard InChI is InChI=1S/C31H24N4O4/c1-36-22-11-7-6-10-21(22)29-33-30-28-26(19-13-14-23(37-2)25(16-19)38-3)27-20-9-5-4-8-18(20)12-15-24(27)39-31(28)32-17-35(30)34-29/h4-17,26H,1-3H3/t26-/m0/s1. The van der Waals surface area contributed by atoms with Gasteiger partial charge in [0, 0.05) is 11.5 Å². The van der Waals surface area contributed by atoms with E-state index >= 15 is 0 Å². The monoisotopic (exact) mass is 516 g/mol. The van der Waals surface area contributed by atoms with Crippen LogP contribution in [0, 0.1) is 0 Å². The van der Waals surface area contributed by atoms with Gasteiger partial charge in [0.1, 0.15) is 17.8 Å². The van der Waals surface area contributed by atoms with Gasteiger partial charge in [-0.15, -0.1) is 5.10 Å². The molecule has 6 aromatic rings. The number of para-hydroxylation sites is 1. The molecule has 0 saturated heterocycles. The Labute approximate surface area is 224 Å². The van der Waals surface area contributed by atoms with Gasteiger partial charge in [0.25, 0.3) is 0 Å². The number of nitrogens with zero attached hydrogens (tertiary/aromatic N) is 4. The Morgan fingerprint density at radius 3 is 2.41 bits per heavy atom. The van der Waals surface area contributed by atoms with Gasteiger partial charge in [0.2, 0.25) is 5.88 Å². The summed E-state index contributed by atoms with van der Waals surface area (Å²) in [4.78, 5) is 9.68. The SMILES string of the molecule is COc1ccc([C@H]2c3c(ccc4ccccc34)Oc3ncn4nc(-c5ccccc5OC)nc4c32)cc1OC. The Bertz CT molecular complexity index is 1880. The fraction of sp³-hybridized carbons (Fsp3) is 0.129. The van der Waals surface area contributed by atoms with Crippen LogP contribution >= 0.6 is 0 Å². The predicted molar refractivity (Wildman–Crippen MR) is 147 cm³/mol. The van der Waals surface area contributed by atoms with Crippen molar-refractivity contribution in [2.45, 2.75) is 5.92 Å². The number of hydrogen-bond donors (Lipinski definition) is 0. The zero-order valence-corrected chi connectivity index (χ0v) is 21.6. The summed E-state index contributed by atoms with van der Waals surface area (Å²) in [6.45, 7) is 0. The Hall–Kier alpha value is -5.11. The summed E-state index contributed by atoms with van der Waals surface area (Å²) in [5.41, 5.74) is 4.29.